The first kappa shape index (κ1) is 11.8. The first-order valence-corrected chi connectivity index (χ1v) is 6.53. The molecule has 2 fully saturated rings. The molecule has 3 aliphatic rings. The zero-order valence-electron chi connectivity index (χ0n) is 10.5. The maximum absolute atomic E-state index is 2.31. The Morgan fingerprint density at radius 1 is 0.706 bits per heavy atom. The Morgan fingerprint density at radius 2 is 1.06 bits per heavy atom. The van der Waals surface area contributed by atoms with Crippen molar-refractivity contribution in [3.8, 4) is 0 Å². The maximum Gasteiger partial charge on any atom is 0.0134 e. The van der Waals surface area contributed by atoms with Gasteiger partial charge in [0.2, 0.25) is 0 Å². The third-order valence-corrected chi connectivity index (χ3v) is 4.25. The van der Waals surface area contributed by atoms with Crippen LogP contribution in [0.25, 0.3) is 0 Å². The van der Waals surface area contributed by atoms with E-state index in [1.807, 2.05) is 0 Å². The van der Waals surface area contributed by atoms with Crippen molar-refractivity contribution in [1.82, 2.24) is 0 Å². The van der Waals surface area contributed by atoms with E-state index in [2.05, 4.69) is 65.2 Å². The molecule has 0 N–H and O–H groups in total. The first-order chi connectivity index (χ1) is 8.33. The van der Waals surface area contributed by atoms with E-state index in [9.17, 15) is 0 Å². The van der Waals surface area contributed by atoms with Gasteiger partial charge in [0.1, 0.15) is 0 Å². The molecule has 0 saturated heterocycles. The van der Waals surface area contributed by atoms with Gasteiger partial charge in [-0.2, -0.15) is 0 Å². The maximum atomic E-state index is 2.31. The minimum absolute atomic E-state index is 0.350. The molecule has 0 amide bonds. The van der Waals surface area contributed by atoms with Crippen LogP contribution in [0.1, 0.15) is 26.7 Å². The molecule has 3 aliphatic carbocycles. The second kappa shape index (κ2) is 4.44. The zero-order chi connectivity index (χ0) is 11.9. The van der Waals surface area contributed by atoms with Crippen LogP contribution >= 0.6 is 0 Å². The van der Waals surface area contributed by atoms with Crippen molar-refractivity contribution in [2.45, 2.75) is 26.7 Å². The molecule has 0 unspecified atom stereocenters. The van der Waals surface area contributed by atoms with Crippen molar-refractivity contribution in [3.63, 3.8) is 0 Å². The Hall–Kier alpha value is -0.260. The van der Waals surface area contributed by atoms with Crippen molar-refractivity contribution in [1.29, 1.82) is 0 Å². The fourth-order valence-electron chi connectivity index (χ4n) is 3.24. The fourth-order valence-corrected chi connectivity index (χ4v) is 3.24. The summed E-state index contributed by atoms with van der Waals surface area (Å²) < 4.78 is 0. The Morgan fingerprint density at radius 3 is 1.35 bits per heavy atom. The van der Waals surface area contributed by atoms with Crippen molar-refractivity contribution < 1.29 is 0 Å². The Balaban J connectivity index is 1.83. The molecule has 0 aliphatic heterocycles. The second-order valence-corrected chi connectivity index (χ2v) is 4.89. The Bertz CT molecular complexity index is 279. The summed E-state index contributed by atoms with van der Waals surface area (Å²) in [5.74, 6) is 2.84. The molecule has 0 aromatic heterocycles. The van der Waals surface area contributed by atoms with E-state index in [4.69, 9.17) is 0 Å². The molecule has 0 heteroatoms. The lowest BCUT2D eigenvalue weighted by Gasteiger charge is -2.19. The van der Waals surface area contributed by atoms with Gasteiger partial charge in [0.25, 0.3) is 0 Å². The monoisotopic (exact) mass is 222 g/mol. The average Bonchev–Trinajstić information content (AvgIpc) is 2.85. The first-order valence-electron chi connectivity index (χ1n) is 6.53. The molecule has 2 saturated carbocycles. The molecule has 86 valence electrons. The normalized spacial score (nSPS) is 29.3. The molecule has 0 aromatic rings. The minimum atomic E-state index is 0.350. The van der Waals surface area contributed by atoms with Gasteiger partial charge in [-0.05, 0) is 64.2 Å². The highest BCUT2D eigenvalue weighted by atomic mass is 14.6. The molecular formula is C17H18. The van der Waals surface area contributed by atoms with E-state index in [0.717, 1.165) is 0 Å². The third-order valence-electron chi connectivity index (χ3n) is 4.25. The number of rotatable bonds is 4. The van der Waals surface area contributed by atoms with E-state index < -0.39 is 0 Å². The molecule has 0 bridgehead atoms. The molecule has 17 heavy (non-hydrogen) atoms. The molecule has 0 atom stereocenters. The predicted octanol–water partition coefficient (Wildman–Crippen LogP) is 3.91. The van der Waals surface area contributed by atoms with E-state index >= 15 is 0 Å². The van der Waals surface area contributed by atoms with Crippen LogP contribution in [0.5, 0.6) is 0 Å². The van der Waals surface area contributed by atoms with Crippen LogP contribution < -0.4 is 0 Å². The van der Waals surface area contributed by atoms with E-state index in [-0.39, 0.29) is 0 Å². The third kappa shape index (κ3) is 1.71. The summed E-state index contributed by atoms with van der Waals surface area (Å²) in [7, 11) is 0. The summed E-state index contributed by atoms with van der Waals surface area (Å²) >= 11 is 0. The van der Waals surface area contributed by atoms with Gasteiger partial charge in [-0.3, -0.25) is 0 Å². The summed E-state index contributed by atoms with van der Waals surface area (Å²) in [5, 5.41) is 0. The molecule has 0 heterocycles. The SMILES string of the molecule is CCC1(CC)C([C]2[CH][CH][CH][CH]2)=C1[C]1[CH][CH][CH][CH]1. The van der Waals surface area contributed by atoms with Crippen LogP contribution in [0, 0.1) is 68.6 Å². The van der Waals surface area contributed by atoms with Crippen molar-refractivity contribution in [2.24, 2.45) is 5.41 Å². The molecule has 10 radical (unpaired) electrons. The van der Waals surface area contributed by atoms with Crippen LogP contribution in [-0.4, -0.2) is 0 Å². The summed E-state index contributed by atoms with van der Waals surface area (Å²) in [6, 6.07) is 0. The van der Waals surface area contributed by atoms with Gasteiger partial charge in [0.05, 0.1) is 0 Å². The van der Waals surface area contributed by atoms with Crippen LogP contribution in [0.15, 0.2) is 11.1 Å². The smallest absolute Gasteiger partial charge is 0.0134 e. The summed E-state index contributed by atoms with van der Waals surface area (Å²) in [5.41, 5.74) is 3.51. The number of hydrogen-bond acceptors (Lipinski definition) is 0. The quantitative estimate of drug-likeness (QED) is 0.676. The standard InChI is InChI=1S/C17H18/c1-3-17(4-2)15(13-9-5-6-10-13)16(17)14-11-7-8-12-14/h5-12H,3-4H2,1-2H3. The lowest BCUT2D eigenvalue weighted by molar-refractivity contribution is 0.492. The molecule has 0 spiro atoms. The zero-order valence-corrected chi connectivity index (χ0v) is 10.5. The predicted molar refractivity (Wildman–Crippen MR) is 70.9 cm³/mol. The van der Waals surface area contributed by atoms with Gasteiger partial charge in [-0.1, -0.05) is 25.0 Å². The fraction of sp³-hybridized carbons (Fsp3) is 0.294. The highest BCUT2D eigenvalue weighted by Gasteiger charge is 2.56. The number of allylic oxidation sites excluding steroid dienone is 2. The van der Waals surface area contributed by atoms with E-state index in [1.165, 1.54) is 24.7 Å². The van der Waals surface area contributed by atoms with Gasteiger partial charge in [-0.15, -0.1) is 0 Å². The summed E-state index contributed by atoms with van der Waals surface area (Å²) in [6.45, 7) is 4.62. The highest BCUT2D eigenvalue weighted by Crippen LogP contribution is 2.67. The molecule has 0 nitrogen and oxygen atoms in total. The van der Waals surface area contributed by atoms with E-state index in [1.54, 1.807) is 11.1 Å². The topological polar surface area (TPSA) is 0 Å². The second-order valence-electron chi connectivity index (χ2n) is 4.89. The van der Waals surface area contributed by atoms with E-state index in [0.29, 0.717) is 5.41 Å². The van der Waals surface area contributed by atoms with Crippen LogP contribution in [0.4, 0.5) is 0 Å². The van der Waals surface area contributed by atoms with Gasteiger partial charge < -0.3 is 0 Å². The lowest BCUT2D eigenvalue weighted by Crippen LogP contribution is -2.09. The molecule has 3 rings (SSSR count). The van der Waals surface area contributed by atoms with Gasteiger partial charge >= 0.3 is 0 Å². The van der Waals surface area contributed by atoms with Gasteiger partial charge in [0, 0.05) is 17.3 Å². The molecular weight excluding hydrogens is 204 g/mol. The van der Waals surface area contributed by atoms with Crippen molar-refractivity contribution in [3.05, 3.63) is 74.3 Å². The van der Waals surface area contributed by atoms with Crippen molar-refractivity contribution in [2.75, 3.05) is 0 Å². The van der Waals surface area contributed by atoms with Crippen molar-refractivity contribution >= 4 is 0 Å². The van der Waals surface area contributed by atoms with Crippen LogP contribution in [0.2, 0.25) is 0 Å². The largest absolute Gasteiger partial charge is 0.0642 e. The Labute approximate surface area is 107 Å². The average molecular weight is 222 g/mol. The summed E-state index contributed by atoms with van der Waals surface area (Å²) in [6.07, 6.45) is 19.9. The summed E-state index contributed by atoms with van der Waals surface area (Å²) in [4.78, 5) is 0. The molecule has 0 aromatic carbocycles. The highest BCUT2D eigenvalue weighted by molar-refractivity contribution is 5.73. The van der Waals surface area contributed by atoms with Crippen LogP contribution in [0.3, 0.4) is 0 Å². The minimum Gasteiger partial charge on any atom is -0.0642 e. The van der Waals surface area contributed by atoms with Gasteiger partial charge in [0.15, 0.2) is 0 Å². The van der Waals surface area contributed by atoms with Gasteiger partial charge in [-0.25, -0.2) is 0 Å². The lowest BCUT2D eigenvalue weighted by atomic mass is 9.84. The van der Waals surface area contributed by atoms with Crippen LogP contribution in [-0.2, 0) is 0 Å². The Kier molecular flexibility index (Phi) is 3.09. The number of hydrogen-bond donors (Lipinski definition) is 0.